The van der Waals surface area contributed by atoms with Crippen molar-refractivity contribution in [3.8, 4) is 5.75 Å². The molecule has 2 amide bonds. The van der Waals surface area contributed by atoms with Gasteiger partial charge in [0.25, 0.3) is 5.91 Å². The number of hydrogen-bond donors (Lipinski definition) is 0. The average Bonchev–Trinajstić information content (AvgIpc) is 3.18. The number of nitrogens with zero attached hydrogens (tertiary/aromatic N) is 2. The Labute approximate surface area is 158 Å². The topological polar surface area (TPSA) is 49.9 Å². The maximum Gasteiger partial charge on any atom is 0.266 e. The summed E-state index contributed by atoms with van der Waals surface area (Å²) >= 11 is 1.60. The third-order valence-corrected chi connectivity index (χ3v) is 5.42. The molecule has 1 aromatic heterocycles. The van der Waals surface area contributed by atoms with E-state index in [4.69, 9.17) is 4.74 Å². The summed E-state index contributed by atoms with van der Waals surface area (Å²) in [5, 5.41) is 4.04. The first kappa shape index (κ1) is 18.5. The molecule has 1 aliphatic heterocycles. The number of thiophene rings is 1. The molecule has 2 heterocycles. The molecule has 0 saturated carbocycles. The molecule has 6 heteroatoms. The van der Waals surface area contributed by atoms with Crippen LogP contribution in [0.4, 0.5) is 0 Å². The fourth-order valence-corrected chi connectivity index (χ4v) is 3.96. The molecule has 138 valence electrons. The highest BCUT2D eigenvalue weighted by atomic mass is 32.1. The zero-order chi connectivity index (χ0) is 18.5. The predicted octanol–water partition coefficient (Wildman–Crippen LogP) is 3.34. The Morgan fingerprint density at radius 1 is 1.19 bits per heavy atom. The van der Waals surface area contributed by atoms with Crippen LogP contribution in [-0.2, 0) is 9.59 Å². The van der Waals surface area contributed by atoms with Crippen LogP contribution in [0.2, 0.25) is 0 Å². The number of hydrogen-bond acceptors (Lipinski definition) is 4. The lowest BCUT2D eigenvalue weighted by Gasteiger charge is -2.46. The van der Waals surface area contributed by atoms with Gasteiger partial charge in [-0.15, -0.1) is 0 Å². The second kappa shape index (κ2) is 8.36. The average molecular weight is 372 g/mol. The zero-order valence-electron chi connectivity index (χ0n) is 15.1. The summed E-state index contributed by atoms with van der Waals surface area (Å²) in [6, 6.07) is 11.3. The molecule has 3 rings (SSSR count). The number of carbonyl (C=O) groups is 2. The predicted molar refractivity (Wildman–Crippen MR) is 102 cm³/mol. The van der Waals surface area contributed by atoms with Crippen molar-refractivity contribution in [2.75, 3.05) is 19.6 Å². The third kappa shape index (κ3) is 3.75. The van der Waals surface area contributed by atoms with Crippen molar-refractivity contribution in [2.24, 2.45) is 0 Å². The van der Waals surface area contributed by atoms with Crippen LogP contribution in [0.3, 0.4) is 0 Å². The van der Waals surface area contributed by atoms with Gasteiger partial charge in [-0.1, -0.05) is 18.2 Å². The van der Waals surface area contributed by atoms with Crippen LogP contribution < -0.4 is 4.74 Å². The largest absolute Gasteiger partial charge is 0.478 e. The minimum Gasteiger partial charge on any atom is -0.478 e. The van der Waals surface area contributed by atoms with Gasteiger partial charge in [-0.25, -0.2) is 0 Å². The van der Waals surface area contributed by atoms with Crippen molar-refractivity contribution >= 4 is 23.2 Å². The normalized spacial score (nSPS) is 19.2. The second-order valence-corrected chi connectivity index (χ2v) is 6.98. The van der Waals surface area contributed by atoms with Gasteiger partial charge in [0.1, 0.15) is 11.8 Å². The van der Waals surface area contributed by atoms with Gasteiger partial charge in [0.15, 0.2) is 0 Å². The maximum atomic E-state index is 12.7. The van der Waals surface area contributed by atoms with E-state index in [1.165, 1.54) is 0 Å². The molecule has 1 saturated heterocycles. The van der Waals surface area contributed by atoms with Crippen molar-refractivity contribution in [1.29, 1.82) is 0 Å². The van der Waals surface area contributed by atoms with Crippen LogP contribution in [-0.4, -0.2) is 47.4 Å². The minimum atomic E-state index is -0.532. The van der Waals surface area contributed by atoms with E-state index in [9.17, 15) is 9.59 Å². The first-order chi connectivity index (χ1) is 12.7. The lowest BCUT2D eigenvalue weighted by Crippen LogP contribution is -2.61. The first-order valence-electron chi connectivity index (χ1n) is 8.97. The second-order valence-electron chi connectivity index (χ2n) is 6.20. The Balaban J connectivity index is 1.69. The van der Waals surface area contributed by atoms with Crippen molar-refractivity contribution in [2.45, 2.75) is 32.4 Å². The molecule has 26 heavy (non-hydrogen) atoms. The third-order valence-electron chi connectivity index (χ3n) is 4.72. The van der Waals surface area contributed by atoms with E-state index in [2.05, 4.69) is 0 Å². The molecule has 0 spiro atoms. The standard InChI is InChI=1S/C20H24N2O3S/c1-3-21(4-2)17(23)10-12-22-18(15-11-13-26-14-15)19(20(22)24)25-16-8-6-5-7-9-16/h5-9,11,13-14,18-19H,3-4,10,12H2,1-2H3/t18-,19+/m0/s1. The summed E-state index contributed by atoms with van der Waals surface area (Å²) in [5.41, 5.74) is 1.06. The van der Waals surface area contributed by atoms with Crippen LogP contribution in [0.25, 0.3) is 0 Å². The van der Waals surface area contributed by atoms with Gasteiger partial charge in [0.05, 0.1) is 0 Å². The molecule has 2 atom stereocenters. The van der Waals surface area contributed by atoms with E-state index in [0.717, 1.165) is 5.56 Å². The molecule has 1 aromatic carbocycles. The van der Waals surface area contributed by atoms with Crippen molar-refractivity contribution in [3.63, 3.8) is 0 Å². The van der Waals surface area contributed by atoms with Gasteiger partial charge >= 0.3 is 0 Å². The monoisotopic (exact) mass is 372 g/mol. The number of likely N-dealkylation sites (tertiary alicyclic amines) is 1. The highest BCUT2D eigenvalue weighted by molar-refractivity contribution is 7.08. The van der Waals surface area contributed by atoms with E-state index in [-0.39, 0.29) is 17.9 Å². The maximum absolute atomic E-state index is 12.7. The van der Waals surface area contributed by atoms with Crippen molar-refractivity contribution < 1.29 is 14.3 Å². The number of amides is 2. The van der Waals surface area contributed by atoms with E-state index in [1.807, 2.05) is 61.0 Å². The van der Waals surface area contributed by atoms with E-state index in [1.54, 1.807) is 21.1 Å². The van der Waals surface area contributed by atoms with E-state index < -0.39 is 6.10 Å². The fourth-order valence-electron chi connectivity index (χ4n) is 3.28. The Bertz CT molecular complexity index is 729. The van der Waals surface area contributed by atoms with E-state index in [0.29, 0.717) is 31.8 Å². The summed E-state index contributed by atoms with van der Waals surface area (Å²) in [6.45, 7) is 5.74. The number of ether oxygens (including phenoxy) is 1. The minimum absolute atomic E-state index is 0.0580. The van der Waals surface area contributed by atoms with Crippen LogP contribution in [0.5, 0.6) is 5.75 Å². The molecule has 1 aliphatic rings. The van der Waals surface area contributed by atoms with E-state index >= 15 is 0 Å². The smallest absolute Gasteiger partial charge is 0.266 e. The first-order valence-corrected chi connectivity index (χ1v) is 9.92. The van der Waals surface area contributed by atoms with Gasteiger partial charge in [0.2, 0.25) is 12.0 Å². The Hall–Kier alpha value is -2.34. The van der Waals surface area contributed by atoms with Crippen molar-refractivity contribution in [3.05, 3.63) is 52.7 Å². The number of β-lactam (4-membered cyclic amide) rings is 1. The number of para-hydroxylation sites is 1. The molecule has 0 N–H and O–H groups in total. The van der Waals surface area contributed by atoms with Crippen LogP contribution in [0.1, 0.15) is 31.9 Å². The molecular formula is C20H24N2O3S. The van der Waals surface area contributed by atoms with Gasteiger partial charge in [-0.05, 0) is 48.4 Å². The highest BCUT2D eigenvalue weighted by Gasteiger charge is 2.50. The lowest BCUT2D eigenvalue weighted by molar-refractivity contribution is -0.164. The Morgan fingerprint density at radius 3 is 2.54 bits per heavy atom. The summed E-state index contributed by atoms with van der Waals surface area (Å²) in [7, 11) is 0. The number of carbonyl (C=O) groups excluding carboxylic acids is 2. The highest BCUT2D eigenvalue weighted by Crippen LogP contribution is 2.38. The number of rotatable bonds is 8. The lowest BCUT2D eigenvalue weighted by atomic mass is 9.92. The molecule has 2 aromatic rings. The van der Waals surface area contributed by atoms with Gasteiger partial charge in [0, 0.05) is 26.1 Å². The summed E-state index contributed by atoms with van der Waals surface area (Å²) in [5.74, 6) is 0.710. The van der Waals surface area contributed by atoms with Gasteiger partial charge in [-0.3, -0.25) is 9.59 Å². The Kier molecular flexibility index (Phi) is 5.93. The molecular weight excluding hydrogens is 348 g/mol. The van der Waals surface area contributed by atoms with Gasteiger partial charge in [-0.2, -0.15) is 11.3 Å². The summed E-state index contributed by atoms with van der Waals surface area (Å²) < 4.78 is 5.94. The molecule has 1 fully saturated rings. The quantitative estimate of drug-likeness (QED) is 0.668. The molecule has 0 bridgehead atoms. The summed E-state index contributed by atoms with van der Waals surface area (Å²) in [6.07, 6.45) is -0.192. The number of benzene rings is 1. The van der Waals surface area contributed by atoms with Crippen LogP contribution in [0.15, 0.2) is 47.2 Å². The summed E-state index contributed by atoms with van der Waals surface area (Å²) in [4.78, 5) is 28.5. The zero-order valence-corrected chi connectivity index (χ0v) is 15.9. The fraction of sp³-hybridized carbons (Fsp3) is 0.400. The SMILES string of the molecule is CCN(CC)C(=O)CCN1C(=O)[C@H](Oc2ccccc2)[C@@H]1c1ccsc1. The van der Waals surface area contributed by atoms with Crippen LogP contribution in [0, 0.1) is 0 Å². The molecule has 5 nitrogen and oxygen atoms in total. The van der Waals surface area contributed by atoms with Gasteiger partial charge < -0.3 is 14.5 Å². The molecule has 0 aliphatic carbocycles. The molecule has 0 unspecified atom stereocenters. The molecule has 0 radical (unpaired) electrons. The van der Waals surface area contributed by atoms with Crippen LogP contribution >= 0.6 is 11.3 Å². The van der Waals surface area contributed by atoms with Crippen molar-refractivity contribution in [1.82, 2.24) is 9.80 Å². The Morgan fingerprint density at radius 2 is 1.92 bits per heavy atom.